The van der Waals surface area contributed by atoms with Gasteiger partial charge in [-0.2, -0.15) is 13.2 Å². The Morgan fingerprint density at radius 1 is 1.22 bits per heavy atom. The third kappa shape index (κ3) is 3.75. The second-order valence-corrected chi connectivity index (χ2v) is 3.11. The number of hydrogen-bond acceptors (Lipinski definition) is 3. The predicted octanol–water partition coefficient (Wildman–Crippen LogP) is 3.09. The van der Waals surface area contributed by atoms with Gasteiger partial charge in [0.05, 0.1) is 5.56 Å². The second-order valence-electron chi connectivity index (χ2n) is 3.11. The van der Waals surface area contributed by atoms with E-state index in [1.165, 1.54) is 24.5 Å². The minimum Gasteiger partial charge on any atom is -0.499 e. The summed E-state index contributed by atoms with van der Waals surface area (Å²) < 4.78 is 42.4. The minimum absolute atomic E-state index is 0. The quantitative estimate of drug-likeness (QED) is 0.797. The molecule has 0 aliphatic carbocycles. The van der Waals surface area contributed by atoms with E-state index >= 15 is 0 Å². The zero-order valence-corrected chi connectivity index (χ0v) is 10.2. The molecule has 0 bridgehead atoms. The van der Waals surface area contributed by atoms with Crippen molar-refractivity contribution in [3.63, 3.8) is 0 Å². The van der Waals surface area contributed by atoms with E-state index in [1.807, 2.05) is 0 Å². The van der Waals surface area contributed by atoms with Crippen molar-refractivity contribution in [3.05, 3.63) is 48.4 Å². The van der Waals surface area contributed by atoms with Crippen LogP contribution in [0.2, 0.25) is 0 Å². The van der Waals surface area contributed by atoms with Crippen molar-refractivity contribution in [3.8, 4) is 11.6 Å². The molecule has 0 atom stereocenters. The van der Waals surface area contributed by atoms with Crippen LogP contribution in [-0.2, 0) is 24.7 Å². The fourth-order valence-electron chi connectivity index (χ4n) is 1.16. The molecule has 0 saturated carbocycles. The summed E-state index contributed by atoms with van der Waals surface area (Å²) >= 11 is 0. The molecule has 0 N–H and O–H groups in total. The van der Waals surface area contributed by atoms with E-state index < -0.39 is 11.7 Å². The maximum Gasteiger partial charge on any atom is 0.416 e. The van der Waals surface area contributed by atoms with Crippen LogP contribution in [-0.4, -0.2) is 9.97 Å². The van der Waals surface area contributed by atoms with E-state index in [2.05, 4.69) is 16.2 Å². The van der Waals surface area contributed by atoms with Crippen LogP contribution in [0.1, 0.15) is 5.56 Å². The molecular formula is C11H6F3N2OV-. The molecule has 7 heteroatoms. The Hall–Kier alpha value is -1.53. The van der Waals surface area contributed by atoms with Crippen LogP contribution in [0.3, 0.4) is 0 Å². The standard InChI is InChI=1S/C11H6F3N2O.V/c12-11(13,14)8-2-1-3-9(6-8)17-10-4-5-15-7-16-10;/h1-4,6-7H;/q-1;. The summed E-state index contributed by atoms with van der Waals surface area (Å²) in [6.45, 7) is 0. The van der Waals surface area contributed by atoms with E-state index in [0.29, 0.717) is 0 Å². The normalized spacial score (nSPS) is 10.6. The number of aromatic nitrogens is 2. The number of alkyl halides is 3. The van der Waals surface area contributed by atoms with Crippen LogP contribution in [0.4, 0.5) is 13.2 Å². The maximum absolute atomic E-state index is 12.4. The van der Waals surface area contributed by atoms with Gasteiger partial charge in [-0.15, -0.1) is 0 Å². The van der Waals surface area contributed by atoms with Gasteiger partial charge in [0.25, 0.3) is 0 Å². The van der Waals surface area contributed by atoms with Crippen molar-refractivity contribution in [2.75, 3.05) is 0 Å². The van der Waals surface area contributed by atoms with Crippen LogP contribution >= 0.6 is 0 Å². The van der Waals surface area contributed by atoms with Crippen LogP contribution in [0.5, 0.6) is 11.6 Å². The molecule has 0 saturated heterocycles. The topological polar surface area (TPSA) is 35.0 Å². The minimum atomic E-state index is -4.39. The number of nitrogens with zero attached hydrogens (tertiary/aromatic N) is 2. The van der Waals surface area contributed by atoms with Gasteiger partial charge in [0.1, 0.15) is 11.6 Å². The summed E-state index contributed by atoms with van der Waals surface area (Å²) in [6.07, 6.45) is -0.728. The Kier molecular flexibility index (Phi) is 4.75. The fourth-order valence-corrected chi connectivity index (χ4v) is 1.16. The van der Waals surface area contributed by atoms with Gasteiger partial charge in [-0.05, 0) is 18.2 Å². The molecule has 93 valence electrons. The van der Waals surface area contributed by atoms with E-state index in [0.717, 1.165) is 12.1 Å². The molecule has 0 fully saturated rings. The van der Waals surface area contributed by atoms with E-state index in [4.69, 9.17) is 4.74 Å². The van der Waals surface area contributed by atoms with Gasteiger partial charge in [-0.3, -0.25) is 0 Å². The van der Waals surface area contributed by atoms with E-state index in [9.17, 15) is 13.2 Å². The molecule has 0 aliphatic rings. The largest absolute Gasteiger partial charge is 0.499 e. The third-order valence-corrected chi connectivity index (χ3v) is 1.89. The first-order valence-electron chi connectivity index (χ1n) is 4.59. The molecule has 0 unspecified atom stereocenters. The maximum atomic E-state index is 12.4. The molecule has 0 spiro atoms. The molecule has 1 aromatic heterocycles. The summed E-state index contributed by atoms with van der Waals surface area (Å²) in [6, 6.07) is 5.89. The molecule has 1 radical (unpaired) electrons. The van der Waals surface area contributed by atoms with E-state index in [-0.39, 0.29) is 30.2 Å². The molecule has 1 aromatic carbocycles. The average molecular weight is 290 g/mol. The van der Waals surface area contributed by atoms with Gasteiger partial charge in [0.15, 0.2) is 0 Å². The monoisotopic (exact) mass is 290 g/mol. The SMILES string of the molecule is FC(F)(F)c1cccc(Oc2c[c-]ncn2)c1.[V]. The summed E-state index contributed by atoms with van der Waals surface area (Å²) in [4.78, 5) is 7.27. The molecule has 2 rings (SSSR count). The summed E-state index contributed by atoms with van der Waals surface area (Å²) in [5.41, 5.74) is -0.770. The Morgan fingerprint density at radius 3 is 2.61 bits per heavy atom. The molecule has 18 heavy (non-hydrogen) atoms. The number of halogens is 3. The Labute approximate surface area is 113 Å². The van der Waals surface area contributed by atoms with Gasteiger partial charge in [-0.25, -0.2) is 0 Å². The average Bonchev–Trinajstić information content (AvgIpc) is 2.29. The molecular weight excluding hydrogens is 284 g/mol. The van der Waals surface area contributed by atoms with Crippen molar-refractivity contribution in [1.82, 2.24) is 9.97 Å². The van der Waals surface area contributed by atoms with Crippen LogP contribution in [0, 0.1) is 6.20 Å². The Bertz CT molecular complexity index is 505. The number of benzene rings is 1. The van der Waals surface area contributed by atoms with E-state index in [1.54, 1.807) is 0 Å². The van der Waals surface area contributed by atoms with Crippen LogP contribution in [0.15, 0.2) is 36.7 Å². The Morgan fingerprint density at radius 2 is 2.00 bits per heavy atom. The van der Waals surface area contributed by atoms with Crippen molar-refractivity contribution in [1.29, 1.82) is 0 Å². The summed E-state index contributed by atoms with van der Waals surface area (Å²) in [5, 5.41) is 0. The van der Waals surface area contributed by atoms with Crippen molar-refractivity contribution in [2.24, 2.45) is 0 Å². The summed E-state index contributed by atoms with van der Waals surface area (Å²) in [7, 11) is 0. The van der Waals surface area contributed by atoms with Crippen molar-refractivity contribution >= 4 is 0 Å². The fraction of sp³-hybridized carbons (Fsp3) is 0.0909. The Balaban J connectivity index is 0.00000162. The number of rotatable bonds is 2. The van der Waals surface area contributed by atoms with Crippen molar-refractivity contribution in [2.45, 2.75) is 6.18 Å². The number of ether oxygens (including phenoxy) is 1. The van der Waals surface area contributed by atoms with Crippen molar-refractivity contribution < 1.29 is 36.5 Å². The molecule has 1 heterocycles. The van der Waals surface area contributed by atoms with Gasteiger partial charge in [-0.1, -0.05) is 18.3 Å². The van der Waals surface area contributed by atoms with Gasteiger partial charge < -0.3 is 14.7 Å². The first-order valence-corrected chi connectivity index (χ1v) is 4.59. The second kappa shape index (κ2) is 5.88. The smallest absolute Gasteiger partial charge is 0.416 e. The molecule has 0 amide bonds. The predicted molar refractivity (Wildman–Crippen MR) is 52.4 cm³/mol. The zero-order valence-electron chi connectivity index (χ0n) is 8.85. The molecule has 2 aromatic rings. The first kappa shape index (κ1) is 14.5. The third-order valence-electron chi connectivity index (χ3n) is 1.89. The number of hydrogen-bond donors (Lipinski definition) is 0. The zero-order chi connectivity index (χ0) is 12.3. The van der Waals surface area contributed by atoms with Gasteiger partial charge in [0.2, 0.25) is 0 Å². The van der Waals surface area contributed by atoms with Gasteiger partial charge >= 0.3 is 6.18 Å². The van der Waals surface area contributed by atoms with Gasteiger partial charge in [0, 0.05) is 24.9 Å². The summed E-state index contributed by atoms with van der Waals surface area (Å²) in [5.74, 6) is 0.200. The van der Waals surface area contributed by atoms with Crippen LogP contribution < -0.4 is 4.74 Å². The molecule has 0 aliphatic heterocycles. The van der Waals surface area contributed by atoms with Crippen LogP contribution in [0.25, 0.3) is 0 Å². The first-order chi connectivity index (χ1) is 8.05. The molecule has 3 nitrogen and oxygen atoms in total.